The van der Waals surface area contributed by atoms with Crippen LogP contribution in [0.25, 0.3) is 39.1 Å². The fourth-order valence-corrected chi connectivity index (χ4v) is 8.09. The maximum atomic E-state index is 16.8. The summed E-state index contributed by atoms with van der Waals surface area (Å²) in [4.78, 5) is 45.3. The molecular weight excluding hydrogens is 690 g/mol. The van der Waals surface area contributed by atoms with Crippen molar-refractivity contribution in [2.45, 2.75) is 37.9 Å². The summed E-state index contributed by atoms with van der Waals surface area (Å²) in [6, 6.07) is 8.70. The normalized spacial score (nSPS) is 20.6. The molecule has 52 heavy (non-hydrogen) atoms. The zero-order valence-electron chi connectivity index (χ0n) is 28.8. The molecule has 3 aliphatic rings. The minimum Gasteiger partial charge on any atom is -0.461 e. The van der Waals surface area contributed by atoms with Crippen LogP contribution in [0.3, 0.4) is 0 Å². The fourth-order valence-electron chi connectivity index (χ4n) is 7.82. The molecule has 0 unspecified atom stereocenters. The lowest BCUT2D eigenvalue weighted by Crippen LogP contribution is -2.53. The summed E-state index contributed by atoms with van der Waals surface area (Å²) in [5, 5.41) is 1.96. The van der Waals surface area contributed by atoms with Gasteiger partial charge in [0.05, 0.1) is 21.6 Å². The maximum Gasteiger partial charge on any atom is 0.319 e. The molecule has 1 aromatic carbocycles. The van der Waals surface area contributed by atoms with Gasteiger partial charge in [0, 0.05) is 69.4 Å². The minimum atomic E-state index is -0.928. The Hall–Kier alpha value is -5.08. The van der Waals surface area contributed by atoms with Crippen LogP contribution >= 0.6 is 11.6 Å². The zero-order valence-corrected chi connectivity index (χ0v) is 29.5. The third kappa shape index (κ3) is 6.34. The predicted molar refractivity (Wildman–Crippen MR) is 195 cm³/mol. The van der Waals surface area contributed by atoms with Crippen molar-refractivity contribution >= 4 is 56.9 Å². The van der Waals surface area contributed by atoms with Crippen LogP contribution < -0.4 is 15.4 Å². The Morgan fingerprint density at radius 3 is 2.83 bits per heavy atom. The van der Waals surface area contributed by atoms with Gasteiger partial charge in [-0.05, 0) is 56.0 Å². The molecule has 2 atom stereocenters. The van der Waals surface area contributed by atoms with E-state index in [0.29, 0.717) is 71.1 Å². The first kappa shape index (κ1) is 34.0. The molecule has 4 aromatic heterocycles. The number of nitrogen functional groups attached to an aromatic ring is 1. The number of pyridine rings is 2. The molecule has 1 amide bonds. The lowest BCUT2D eigenvalue weighted by Gasteiger charge is -2.40. The van der Waals surface area contributed by atoms with Crippen LogP contribution in [-0.4, -0.2) is 104 Å². The largest absolute Gasteiger partial charge is 0.461 e. The van der Waals surface area contributed by atoms with Gasteiger partial charge in [-0.15, -0.1) is 0 Å². The van der Waals surface area contributed by atoms with E-state index in [-0.39, 0.29) is 47.2 Å². The number of aryl methyl sites for hydroxylation is 1. The van der Waals surface area contributed by atoms with E-state index in [4.69, 9.17) is 27.1 Å². The quantitative estimate of drug-likeness (QED) is 0.199. The number of fused-ring (bicyclic) bond motifs is 3. The average Bonchev–Trinajstić information content (AvgIpc) is 3.63. The van der Waals surface area contributed by atoms with Gasteiger partial charge in [-0.25, -0.2) is 23.7 Å². The van der Waals surface area contributed by atoms with Crippen LogP contribution in [0.2, 0.25) is 5.02 Å². The highest BCUT2D eigenvalue weighted by atomic mass is 35.5. The Kier molecular flexibility index (Phi) is 8.82. The molecule has 12 nitrogen and oxygen atoms in total. The second-order valence-corrected chi connectivity index (χ2v) is 14.4. The van der Waals surface area contributed by atoms with E-state index in [9.17, 15) is 9.18 Å². The molecule has 0 radical (unpaired) electrons. The van der Waals surface area contributed by atoms with Gasteiger partial charge in [0.2, 0.25) is 5.91 Å². The molecule has 15 heteroatoms. The number of nitrogens with zero attached hydrogens (tertiary/aromatic N) is 9. The van der Waals surface area contributed by atoms with Gasteiger partial charge in [0.15, 0.2) is 5.82 Å². The van der Waals surface area contributed by atoms with E-state index < -0.39 is 17.5 Å². The highest BCUT2D eigenvalue weighted by Crippen LogP contribution is 2.41. The van der Waals surface area contributed by atoms with Crippen molar-refractivity contribution in [1.82, 2.24) is 39.7 Å². The molecule has 268 valence electrons. The molecule has 8 rings (SSSR count). The highest BCUT2D eigenvalue weighted by molar-refractivity contribution is 6.36. The SMILES string of the molecule is Cc1nccc(/C=C/C(=O)N2CC(CN(C)c3nc(OC[C@@]45CCCN4C[C@H](F)C5)nc4c(F)c(-c5nc(N)cc6cccc(Cl)c56)ncc34)C2)n1. The van der Waals surface area contributed by atoms with Gasteiger partial charge < -0.3 is 20.3 Å². The predicted octanol–water partition coefficient (Wildman–Crippen LogP) is 5.28. The Bertz CT molecular complexity index is 2240. The first-order chi connectivity index (χ1) is 25.1. The first-order valence-electron chi connectivity index (χ1n) is 17.3. The summed E-state index contributed by atoms with van der Waals surface area (Å²) < 4.78 is 37.6. The van der Waals surface area contributed by atoms with Gasteiger partial charge in [0.1, 0.15) is 47.1 Å². The van der Waals surface area contributed by atoms with Crippen molar-refractivity contribution in [2.24, 2.45) is 5.92 Å². The Labute approximate surface area is 303 Å². The first-order valence-corrected chi connectivity index (χ1v) is 17.7. The van der Waals surface area contributed by atoms with Gasteiger partial charge in [0.25, 0.3) is 0 Å². The Morgan fingerprint density at radius 2 is 2.00 bits per heavy atom. The van der Waals surface area contributed by atoms with E-state index in [1.165, 1.54) is 12.3 Å². The summed E-state index contributed by atoms with van der Waals surface area (Å²) in [6.07, 6.45) is 7.57. The van der Waals surface area contributed by atoms with Gasteiger partial charge in [-0.3, -0.25) is 14.7 Å². The van der Waals surface area contributed by atoms with E-state index in [2.05, 4.69) is 29.8 Å². The van der Waals surface area contributed by atoms with Gasteiger partial charge in [-0.1, -0.05) is 23.7 Å². The van der Waals surface area contributed by atoms with Crippen molar-refractivity contribution < 1.29 is 18.3 Å². The summed E-state index contributed by atoms with van der Waals surface area (Å²) >= 11 is 6.59. The minimum absolute atomic E-state index is 0.00708. The van der Waals surface area contributed by atoms with Crippen LogP contribution in [-0.2, 0) is 4.79 Å². The number of hydrogen-bond donors (Lipinski definition) is 1. The number of anilines is 2. The second kappa shape index (κ2) is 13.5. The van der Waals surface area contributed by atoms with Crippen LogP contribution in [0.1, 0.15) is 30.8 Å². The monoisotopic (exact) mass is 726 g/mol. The number of aromatic nitrogens is 6. The van der Waals surface area contributed by atoms with Crippen LogP contribution in [0.5, 0.6) is 6.01 Å². The van der Waals surface area contributed by atoms with Crippen LogP contribution in [0.15, 0.2) is 48.8 Å². The molecule has 0 aliphatic carbocycles. The number of alkyl halides is 1. The number of nitrogens with two attached hydrogens (primary N) is 1. The number of carbonyl (C=O) groups excluding carboxylic acids is 1. The van der Waals surface area contributed by atoms with Crippen molar-refractivity contribution in [2.75, 3.05) is 57.0 Å². The zero-order chi connectivity index (χ0) is 36.1. The summed E-state index contributed by atoms with van der Waals surface area (Å²) in [7, 11) is 1.86. The van der Waals surface area contributed by atoms with E-state index in [1.807, 2.05) is 18.0 Å². The van der Waals surface area contributed by atoms with E-state index >= 15 is 4.39 Å². The molecule has 0 saturated carbocycles. The number of halogens is 3. The van der Waals surface area contributed by atoms with Crippen molar-refractivity contribution in [3.63, 3.8) is 0 Å². The number of rotatable bonds is 9. The van der Waals surface area contributed by atoms with Crippen molar-refractivity contribution in [3.05, 3.63) is 71.2 Å². The molecule has 5 aromatic rings. The molecule has 3 fully saturated rings. The third-order valence-corrected chi connectivity index (χ3v) is 10.6. The Balaban J connectivity index is 1.09. The smallest absolute Gasteiger partial charge is 0.319 e. The van der Waals surface area contributed by atoms with Crippen molar-refractivity contribution in [3.8, 4) is 17.4 Å². The van der Waals surface area contributed by atoms with Crippen LogP contribution in [0.4, 0.5) is 20.4 Å². The Morgan fingerprint density at radius 1 is 1.15 bits per heavy atom. The van der Waals surface area contributed by atoms with Gasteiger partial charge >= 0.3 is 6.01 Å². The topological polar surface area (TPSA) is 139 Å². The number of ether oxygens (including phenoxy) is 1. The fraction of sp³-hybridized carbons (Fsp3) is 0.378. The molecular formula is C37H37ClF2N10O2. The number of carbonyl (C=O) groups is 1. The lowest BCUT2D eigenvalue weighted by molar-refractivity contribution is -0.131. The van der Waals surface area contributed by atoms with E-state index in [0.717, 1.165) is 19.4 Å². The number of benzene rings is 1. The molecule has 0 bridgehead atoms. The molecule has 3 saturated heterocycles. The standard InChI is InChI=1S/C37H37ClF2N10O2/c1-21-42-11-9-25(44-21)7-8-29(51)49-17-22(18-49)16-48(2)35-26-15-43-34(33-30-23(13-28(41)45-33)5-3-6-27(30)38)31(40)32(26)46-36(47-35)52-20-37-10-4-12-50(37)19-24(39)14-37/h3,5-9,11,13,15,22,24H,4,10,12,14,16-20H2,1-2H3,(H2,41,45)/b8-7+/t24-,37+/m1/s1. The number of likely N-dealkylation sites (tertiary alicyclic amines) is 1. The number of hydrogen-bond acceptors (Lipinski definition) is 11. The maximum absolute atomic E-state index is 16.8. The summed E-state index contributed by atoms with van der Waals surface area (Å²) in [5.74, 6) is 0.531. The molecule has 7 heterocycles. The summed E-state index contributed by atoms with van der Waals surface area (Å²) in [5.41, 5.74) is 6.47. The van der Waals surface area contributed by atoms with Gasteiger partial charge in [-0.2, -0.15) is 9.97 Å². The highest BCUT2D eigenvalue weighted by Gasteiger charge is 2.49. The second-order valence-electron chi connectivity index (χ2n) is 14.0. The molecule has 2 N–H and O–H groups in total. The lowest BCUT2D eigenvalue weighted by atomic mass is 9.95. The van der Waals surface area contributed by atoms with Crippen LogP contribution in [0, 0.1) is 18.7 Å². The number of amides is 1. The molecule has 3 aliphatic heterocycles. The van der Waals surface area contributed by atoms with Crippen molar-refractivity contribution in [1.29, 1.82) is 0 Å². The summed E-state index contributed by atoms with van der Waals surface area (Å²) in [6.45, 7) is 4.75. The van der Waals surface area contributed by atoms with E-state index in [1.54, 1.807) is 48.4 Å². The third-order valence-electron chi connectivity index (χ3n) is 10.3. The average molecular weight is 727 g/mol. The molecule has 0 spiro atoms.